The number of aromatic nitrogens is 2. The number of hydrogen-bond donors (Lipinski definition) is 1. The lowest BCUT2D eigenvalue weighted by Gasteiger charge is -2.17. The highest BCUT2D eigenvalue weighted by atomic mass is 16.5. The molecule has 3 rings (SSSR count). The van der Waals surface area contributed by atoms with Crippen LogP contribution in [0.2, 0.25) is 0 Å². The molecule has 1 heterocycles. The van der Waals surface area contributed by atoms with Crippen LogP contribution in [0.15, 0.2) is 36.4 Å². The summed E-state index contributed by atoms with van der Waals surface area (Å²) in [5, 5.41) is 0. The average molecular weight is 269 g/mol. The minimum absolute atomic E-state index is 0.248. The Labute approximate surface area is 119 Å². The normalized spacial score (nSPS) is 16.1. The molecule has 20 heavy (non-hydrogen) atoms. The highest BCUT2D eigenvalue weighted by Gasteiger charge is 2.27. The van der Waals surface area contributed by atoms with Gasteiger partial charge in [0.2, 0.25) is 0 Å². The zero-order valence-corrected chi connectivity index (χ0v) is 11.6. The van der Waals surface area contributed by atoms with E-state index in [1.54, 1.807) is 0 Å². The van der Waals surface area contributed by atoms with Gasteiger partial charge in [-0.3, -0.25) is 0 Å². The van der Waals surface area contributed by atoms with Crippen LogP contribution < -0.4 is 5.73 Å². The molecule has 0 radical (unpaired) electrons. The van der Waals surface area contributed by atoms with E-state index in [-0.39, 0.29) is 6.10 Å². The standard InChI is InChI=1S/C16H19N3O/c1-2-20-15(12-6-4-3-5-7-12)16-18-13(11-8-9-11)10-14(17)19-16/h3-7,10-11,15H,2,8-9H2,1H3,(H2,17,18,19). The van der Waals surface area contributed by atoms with Crippen molar-refractivity contribution < 1.29 is 4.74 Å². The maximum atomic E-state index is 5.93. The number of nitrogen functional groups attached to an aromatic ring is 1. The van der Waals surface area contributed by atoms with E-state index in [1.165, 1.54) is 12.8 Å². The third-order valence-corrected chi connectivity index (χ3v) is 3.45. The van der Waals surface area contributed by atoms with Crippen LogP contribution in [0.5, 0.6) is 0 Å². The second-order valence-electron chi connectivity index (χ2n) is 5.10. The second kappa shape index (κ2) is 5.59. The van der Waals surface area contributed by atoms with Crippen molar-refractivity contribution in [1.82, 2.24) is 9.97 Å². The Kier molecular flexibility index (Phi) is 3.65. The van der Waals surface area contributed by atoms with E-state index < -0.39 is 0 Å². The Morgan fingerprint density at radius 1 is 1.25 bits per heavy atom. The minimum Gasteiger partial charge on any atom is -0.384 e. The topological polar surface area (TPSA) is 61.0 Å². The lowest BCUT2D eigenvalue weighted by atomic mass is 10.1. The monoisotopic (exact) mass is 269 g/mol. The van der Waals surface area contributed by atoms with Crippen molar-refractivity contribution in [2.75, 3.05) is 12.3 Å². The molecule has 1 aromatic heterocycles. The Hall–Kier alpha value is -1.94. The summed E-state index contributed by atoms with van der Waals surface area (Å²) < 4.78 is 5.84. The van der Waals surface area contributed by atoms with Gasteiger partial charge in [0, 0.05) is 24.3 Å². The molecular weight excluding hydrogens is 250 g/mol. The van der Waals surface area contributed by atoms with Gasteiger partial charge in [0.05, 0.1) is 0 Å². The molecule has 0 amide bonds. The molecule has 1 saturated carbocycles. The first kappa shape index (κ1) is 13.1. The predicted octanol–water partition coefficient (Wildman–Crippen LogP) is 3.06. The number of nitrogens with two attached hydrogens (primary N) is 1. The molecule has 2 aromatic rings. The van der Waals surface area contributed by atoms with Crippen molar-refractivity contribution in [1.29, 1.82) is 0 Å². The molecule has 104 valence electrons. The van der Waals surface area contributed by atoms with E-state index in [0.29, 0.717) is 24.2 Å². The molecular formula is C16H19N3O. The van der Waals surface area contributed by atoms with Crippen LogP contribution >= 0.6 is 0 Å². The van der Waals surface area contributed by atoms with E-state index in [4.69, 9.17) is 10.5 Å². The Bertz CT molecular complexity index is 582. The zero-order valence-electron chi connectivity index (χ0n) is 11.6. The molecule has 1 aromatic carbocycles. The van der Waals surface area contributed by atoms with Crippen LogP contribution in [-0.4, -0.2) is 16.6 Å². The number of nitrogens with zero attached hydrogens (tertiary/aromatic N) is 2. The minimum atomic E-state index is -0.248. The Morgan fingerprint density at radius 3 is 2.65 bits per heavy atom. The van der Waals surface area contributed by atoms with Crippen LogP contribution in [0.25, 0.3) is 0 Å². The smallest absolute Gasteiger partial charge is 0.164 e. The first-order chi connectivity index (χ1) is 9.78. The number of hydrogen-bond acceptors (Lipinski definition) is 4. The molecule has 1 fully saturated rings. The summed E-state index contributed by atoms with van der Waals surface area (Å²) in [5.41, 5.74) is 8.04. The number of rotatable bonds is 5. The van der Waals surface area contributed by atoms with E-state index in [2.05, 4.69) is 9.97 Å². The van der Waals surface area contributed by atoms with Crippen LogP contribution in [0.3, 0.4) is 0 Å². The molecule has 1 atom stereocenters. The summed E-state index contributed by atoms with van der Waals surface area (Å²) in [6, 6.07) is 11.9. The molecule has 4 nitrogen and oxygen atoms in total. The molecule has 1 unspecified atom stereocenters. The van der Waals surface area contributed by atoms with Gasteiger partial charge in [-0.1, -0.05) is 30.3 Å². The van der Waals surface area contributed by atoms with E-state index in [9.17, 15) is 0 Å². The fourth-order valence-corrected chi connectivity index (χ4v) is 2.33. The third kappa shape index (κ3) is 2.80. The summed E-state index contributed by atoms with van der Waals surface area (Å²) in [4.78, 5) is 9.06. The van der Waals surface area contributed by atoms with Gasteiger partial charge in [0.25, 0.3) is 0 Å². The van der Waals surface area contributed by atoms with Gasteiger partial charge >= 0.3 is 0 Å². The Morgan fingerprint density at radius 2 is 2.00 bits per heavy atom. The summed E-state index contributed by atoms with van der Waals surface area (Å²) in [6.07, 6.45) is 2.14. The third-order valence-electron chi connectivity index (χ3n) is 3.45. The first-order valence-corrected chi connectivity index (χ1v) is 7.09. The molecule has 1 aliphatic rings. The summed E-state index contributed by atoms with van der Waals surface area (Å²) in [6.45, 7) is 2.58. The number of benzene rings is 1. The molecule has 0 bridgehead atoms. The van der Waals surface area contributed by atoms with Crippen LogP contribution in [0.1, 0.15) is 48.9 Å². The molecule has 4 heteroatoms. The highest BCUT2D eigenvalue weighted by molar-refractivity contribution is 5.35. The second-order valence-corrected chi connectivity index (χ2v) is 5.10. The van der Waals surface area contributed by atoms with Gasteiger partial charge in [-0.15, -0.1) is 0 Å². The van der Waals surface area contributed by atoms with Crippen molar-refractivity contribution in [3.8, 4) is 0 Å². The maximum absolute atomic E-state index is 5.93. The number of anilines is 1. The zero-order chi connectivity index (χ0) is 13.9. The van der Waals surface area contributed by atoms with Crippen LogP contribution in [0, 0.1) is 0 Å². The van der Waals surface area contributed by atoms with Crippen molar-refractivity contribution in [2.24, 2.45) is 0 Å². The summed E-state index contributed by atoms with van der Waals surface area (Å²) >= 11 is 0. The molecule has 1 aliphatic carbocycles. The van der Waals surface area contributed by atoms with Gasteiger partial charge in [-0.2, -0.15) is 0 Å². The van der Waals surface area contributed by atoms with E-state index in [0.717, 1.165) is 11.3 Å². The lowest BCUT2D eigenvalue weighted by Crippen LogP contribution is -2.12. The fourth-order valence-electron chi connectivity index (χ4n) is 2.33. The van der Waals surface area contributed by atoms with Gasteiger partial charge in [0.15, 0.2) is 5.82 Å². The SMILES string of the molecule is CCOC(c1ccccc1)c1nc(N)cc(C2CC2)n1. The molecule has 0 saturated heterocycles. The van der Waals surface area contributed by atoms with Gasteiger partial charge in [-0.25, -0.2) is 9.97 Å². The molecule has 0 spiro atoms. The van der Waals surface area contributed by atoms with Crippen molar-refractivity contribution in [3.63, 3.8) is 0 Å². The van der Waals surface area contributed by atoms with E-state index >= 15 is 0 Å². The first-order valence-electron chi connectivity index (χ1n) is 7.09. The molecule has 0 aliphatic heterocycles. The van der Waals surface area contributed by atoms with Crippen molar-refractivity contribution >= 4 is 5.82 Å². The lowest BCUT2D eigenvalue weighted by molar-refractivity contribution is 0.0850. The molecule has 2 N–H and O–H groups in total. The number of ether oxygens (including phenoxy) is 1. The fraction of sp³-hybridized carbons (Fsp3) is 0.375. The maximum Gasteiger partial charge on any atom is 0.164 e. The van der Waals surface area contributed by atoms with Crippen molar-refractivity contribution in [3.05, 3.63) is 53.5 Å². The van der Waals surface area contributed by atoms with Gasteiger partial charge < -0.3 is 10.5 Å². The van der Waals surface area contributed by atoms with Crippen molar-refractivity contribution in [2.45, 2.75) is 31.8 Å². The average Bonchev–Trinajstić information content (AvgIpc) is 3.29. The summed E-state index contributed by atoms with van der Waals surface area (Å²) in [7, 11) is 0. The summed E-state index contributed by atoms with van der Waals surface area (Å²) in [5.74, 6) is 1.74. The largest absolute Gasteiger partial charge is 0.384 e. The van der Waals surface area contributed by atoms with Gasteiger partial charge in [-0.05, 0) is 25.3 Å². The highest BCUT2D eigenvalue weighted by Crippen LogP contribution is 2.40. The van der Waals surface area contributed by atoms with Crippen LogP contribution in [-0.2, 0) is 4.74 Å². The van der Waals surface area contributed by atoms with E-state index in [1.807, 2.05) is 43.3 Å². The predicted molar refractivity (Wildman–Crippen MR) is 78.3 cm³/mol. The van der Waals surface area contributed by atoms with Gasteiger partial charge in [0.1, 0.15) is 11.9 Å². The van der Waals surface area contributed by atoms with Crippen LogP contribution in [0.4, 0.5) is 5.82 Å². The quantitative estimate of drug-likeness (QED) is 0.906. The Balaban J connectivity index is 1.98.